The van der Waals surface area contributed by atoms with E-state index in [9.17, 15) is 4.79 Å². The summed E-state index contributed by atoms with van der Waals surface area (Å²) in [6, 6.07) is 3.42. The summed E-state index contributed by atoms with van der Waals surface area (Å²) in [7, 11) is 0. The molecule has 3 nitrogen and oxygen atoms in total. The molecule has 0 saturated carbocycles. The summed E-state index contributed by atoms with van der Waals surface area (Å²) in [4.78, 5) is 10.0. The lowest BCUT2D eigenvalue weighted by Crippen LogP contribution is -1.89. The number of carboxylic acid groups (broad SMARTS) is 1. The van der Waals surface area contributed by atoms with Crippen molar-refractivity contribution in [2.75, 3.05) is 0 Å². The average Bonchev–Trinajstić information content (AvgIpc) is 2.55. The second kappa shape index (κ2) is 4.69. The molecule has 0 aliphatic carbocycles. The van der Waals surface area contributed by atoms with Gasteiger partial charge in [-0.2, -0.15) is 0 Å². The summed E-state index contributed by atoms with van der Waals surface area (Å²) in [5, 5.41) is 8.23. The second-order valence-electron chi connectivity index (χ2n) is 2.10. The van der Waals surface area contributed by atoms with Crippen molar-refractivity contribution in [3.63, 3.8) is 0 Å². The van der Waals surface area contributed by atoms with Crippen molar-refractivity contribution in [3.8, 4) is 23.7 Å². The largest absolute Gasteiger partial charge is 0.481 e. The minimum absolute atomic E-state index is 0.188. The van der Waals surface area contributed by atoms with Crippen molar-refractivity contribution in [1.82, 2.24) is 0 Å². The number of rotatable bonds is 1. The predicted octanol–water partition coefficient (Wildman–Crippen LogP) is 1.11. The van der Waals surface area contributed by atoms with Crippen LogP contribution in [0.15, 0.2) is 22.8 Å². The van der Waals surface area contributed by atoms with Crippen LogP contribution >= 0.6 is 0 Å². The summed E-state index contributed by atoms with van der Waals surface area (Å²) in [5.41, 5.74) is 0. The molecular formula is C10H6O3. The monoisotopic (exact) mass is 174 g/mol. The van der Waals surface area contributed by atoms with E-state index in [0.717, 1.165) is 0 Å². The van der Waals surface area contributed by atoms with Crippen LogP contribution in [0.4, 0.5) is 0 Å². The van der Waals surface area contributed by atoms with Gasteiger partial charge < -0.3 is 9.52 Å². The van der Waals surface area contributed by atoms with Gasteiger partial charge in [0.25, 0.3) is 0 Å². The van der Waals surface area contributed by atoms with Gasteiger partial charge in [0.05, 0.1) is 6.26 Å². The minimum atomic E-state index is -0.952. The third-order valence-electron chi connectivity index (χ3n) is 1.10. The second-order valence-corrected chi connectivity index (χ2v) is 2.10. The maximum absolute atomic E-state index is 10.0. The van der Waals surface area contributed by atoms with Crippen LogP contribution in [0.3, 0.4) is 0 Å². The molecule has 0 unspecified atom stereocenters. The molecule has 1 aromatic heterocycles. The zero-order valence-electron chi connectivity index (χ0n) is 6.70. The van der Waals surface area contributed by atoms with Crippen LogP contribution in [0.2, 0.25) is 0 Å². The molecule has 0 spiro atoms. The Morgan fingerprint density at radius 1 is 1.54 bits per heavy atom. The van der Waals surface area contributed by atoms with Crippen molar-refractivity contribution in [2.24, 2.45) is 0 Å². The zero-order chi connectivity index (χ0) is 9.52. The number of carbonyl (C=O) groups is 1. The molecule has 0 aliphatic heterocycles. The highest BCUT2D eigenvalue weighted by atomic mass is 16.4. The molecule has 64 valence electrons. The van der Waals surface area contributed by atoms with Crippen LogP contribution in [0.25, 0.3) is 0 Å². The maximum atomic E-state index is 10.0. The van der Waals surface area contributed by atoms with E-state index >= 15 is 0 Å². The number of hydrogen-bond donors (Lipinski definition) is 1. The van der Waals surface area contributed by atoms with Crippen molar-refractivity contribution < 1.29 is 14.3 Å². The summed E-state index contributed by atoms with van der Waals surface area (Å²) >= 11 is 0. The Kier molecular flexibility index (Phi) is 3.23. The van der Waals surface area contributed by atoms with Gasteiger partial charge in [-0.3, -0.25) is 4.79 Å². The molecule has 0 aliphatic rings. The molecule has 3 heteroatoms. The highest BCUT2D eigenvalue weighted by Gasteiger charge is 1.87. The van der Waals surface area contributed by atoms with Gasteiger partial charge in [0, 0.05) is 0 Å². The lowest BCUT2D eigenvalue weighted by atomic mass is 10.4. The normalized spacial score (nSPS) is 7.69. The van der Waals surface area contributed by atoms with Gasteiger partial charge in [0.15, 0.2) is 5.76 Å². The highest BCUT2D eigenvalue weighted by Crippen LogP contribution is 1.95. The van der Waals surface area contributed by atoms with Crippen molar-refractivity contribution in [1.29, 1.82) is 0 Å². The number of aliphatic carboxylic acids is 1. The first-order valence-electron chi connectivity index (χ1n) is 3.53. The Bertz CT molecular complexity index is 393. The van der Waals surface area contributed by atoms with Crippen molar-refractivity contribution in [3.05, 3.63) is 24.2 Å². The van der Waals surface area contributed by atoms with Gasteiger partial charge in [-0.15, -0.1) is 0 Å². The zero-order valence-corrected chi connectivity index (χ0v) is 6.70. The van der Waals surface area contributed by atoms with Gasteiger partial charge in [-0.1, -0.05) is 5.92 Å². The fourth-order valence-corrected chi connectivity index (χ4v) is 0.607. The summed E-state index contributed by atoms with van der Waals surface area (Å²) < 4.78 is 4.90. The molecule has 0 radical (unpaired) electrons. The molecule has 1 N–H and O–H groups in total. The summed E-state index contributed by atoms with van der Waals surface area (Å²) in [5.74, 6) is 9.44. The Hall–Kier alpha value is -2.13. The van der Waals surface area contributed by atoms with E-state index in [2.05, 4.69) is 23.7 Å². The quantitative estimate of drug-likeness (QED) is 0.649. The van der Waals surface area contributed by atoms with Crippen LogP contribution in [-0.4, -0.2) is 11.1 Å². The van der Waals surface area contributed by atoms with Crippen molar-refractivity contribution >= 4 is 5.97 Å². The van der Waals surface area contributed by atoms with Gasteiger partial charge in [-0.25, -0.2) is 0 Å². The summed E-state index contributed by atoms with van der Waals surface area (Å²) in [6.45, 7) is 0. The molecule has 0 atom stereocenters. The van der Waals surface area contributed by atoms with Gasteiger partial charge >= 0.3 is 5.97 Å². The number of carboxylic acids is 1. The van der Waals surface area contributed by atoms with Gasteiger partial charge in [0.1, 0.15) is 6.42 Å². The smallest absolute Gasteiger partial charge is 0.315 e. The summed E-state index contributed by atoms with van der Waals surface area (Å²) in [6.07, 6.45) is 1.32. The minimum Gasteiger partial charge on any atom is -0.481 e. The van der Waals surface area contributed by atoms with Crippen LogP contribution in [-0.2, 0) is 4.79 Å². The first-order chi connectivity index (χ1) is 6.29. The van der Waals surface area contributed by atoms with Crippen LogP contribution < -0.4 is 0 Å². The lowest BCUT2D eigenvalue weighted by molar-refractivity contribution is -0.135. The van der Waals surface area contributed by atoms with Crippen molar-refractivity contribution in [2.45, 2.75) is 6.42 Å². The Balaban J connectivity index is 2.48. The molecule has 0 amide bonds. The average molecular weight is 174 g/mol. The maximum Gasteiger partial charge on any atom is 0.315 e. The van der Waals surface area contributed by atoms with E-state index in [1.807, 2.05) is 0 Å². The molecule has 0 aromatic carbocycles. The Morgan fingerprint density at radius 3 is 3.00 bits per heavy atom. The molecular weight excluding hydrogens is 168 g/mol. The number of furan rings is 1. The van der Waals surface area contributed by atoms with Crippen LogP contribution in [0.5, 0.6) is 0 Å². The fraction of sp³-hybridized carbons (Fsp3) is 0.100. The SMILES string of the molecule is O=C(O)CC#CC#Cc1ccco1. The van der Waals surface area contributed by atoms with E-state index < -0.39 is 5.97 Å². The predicted molar refractivity (Wildman–Crippen MR) is 45.6 cm³/mol. The van der Waals surface area contributed by atoms with E-state index in [0.29, 0.717) is 5.76 Å². The first kappa shape index (κ1) is 8.96. The Labute approximate surface area is 75.4 Å². The highest BCUT2D eigenvalue weighted by molar-refractivity contribution is 5.70. The molecule has 0 saturated heterocycles. The van der Waals surface area contributed by atoms with Crippen LogP contribution in [0, 0.1) is 23.7 Å². The van der Waals surface area contributed by atoms with E-state index in [1.54, 1.807) is 12.1 Å². The third-order valence-corrected chi connectivity index (χ3v) is 1.10. The first-order valence-corrected chi connectivity index (χ1v) is 3.53. The molecule has 1 aromatic rings. The molecule has 0 fully saturated rings. The van der Waals surface area contributed by atoms with E-state index in [4.69, 9.17) is 9.52 Å². The molecule has 13 heavy (non-hydrogen) atoms. The topological polar surface area (TPSA) is 50.4 Å². The number of hydrogen-bond acceptors (Lipinski definition) is 2. The van der Waals surface area contributed by atoms with Gasteiger partial charge in [0.2, 0.25) is 0 Å². The van der Waals surface area contributed by atoms with E-state index in [-0.39, 0.29) is 6.42 Å². The Morgan fingerprint density at radius 2 is 2.38 bits per heavy atom. The molecule has 0 bridgehead atoms. The standard InChI is InChI=1S/C10H6O3/c11-10(12)7-3-1-2-5-9-6-4-8-13-9/h4,6,8H,7H2,(H,11,12). The molecule has 1 heterocycles. The third kappa shape index (κ3) is 3.69. The van der Waals surface area contributed by atoms with Gasteiger partial charge in [-0.05, 0) is 29.9 Å². The van der Waals surface area contributed by atoms with E-state index in [1.165, 1.54) is 6.26 Å². The lowest BCUT2D eigenvalue weighted by Gasteiger charge is -1.75. The fourth-order valence-electron chi connectivity index (χ4n) is 0.607. The van der Waals surface area contributed by atoms with Crippen LogP contribution in [0.1, 0.15) is 12.2 Å². The molecule has 1 rings (SSSR count).